The Morgan fingerprint density at radius 2 is 1.42 bits per heavy atom. The van der Waals surface area contributed by atoms with Gasteiger partial charge in [-0.25, -0.2) is 0 Å². The molecule has 2 aromatic carbocycles. The lowest BCUT2D eigenvalue weighted by Crippen LogP contribution is -2.27. The molecule has 1 heterocycles. The van der Waals surface area contributed by atoms with Gasteiger partial charge in [0, 0.05) is 10.0 Å². The second-order valence-corrected chi connectivity index (χ2v) is 8.97. The van der Waals surface area contributed by atoms with E-state index in [2.05, 4.69) is 28.3 Å². The van der Waals surface area contributed by atoms with Crippen molar-refractivity contribution < 1.29 is 9.57 Å². The Bertz CT molecular complexity index is 790. The minimum atomic E-state index is 0.782. The molecule has 31 heavy (non-hydrogen) atoms. The van der Waals surface area contributed by atoms with Crippen molar-refractivity contribution in [1.82, 2.24) is 5.43 Å². The third-order valence-corrected chi connectivity index (χ3v) is 6.00. The van der Waals surface area contributed by atoms with E-state index in [0.29, 0.717) is 0 Å². The van der Waals surface area contributed by atoms with Crippen molar-refractivity contribution in [2.45, 2.75) is 71.1 Å². The van der Waals surface area contributed by atoms with Crippen molar-refractivity contribution in [2.75, 3.05) is 11.8 Å². The predicted molar refractivity (Wildman–Crippen MR) is 133 cm³/mol. The van der Waals surface area contributed by atoms with Gasteiger partial charge in [-0.2, -0.15) is 0 Å². The Morgan fingerprint density at radius 1 is 0.806 bits per heavy atom. The molecule has 0 fully saturated rings. The maximum atomic E-state index is 5.91. The fraction of sp³-hybridized carbons (Fsp3) is 0.462. The van der Waals surface area contributed by atoms with Crippen molar-refractivity contribution in [1.29, 1.82) is 0 Å². The molecule has 0 saturated heterocycles. The molecule has 2 aromatic rings. The van der Waals surface area contributed by atoms with Crippen molar-refractivity contribution in [3.8, 4) is 5.75 Å². The number of hydrazine groups is 1. The van der Waals surface area contributed by atoms with Crippen molar-refractivity contribution in [3.63, 3.8) is 0 Å². The Hall–Kier alpha value is -2.14. The van der Waals surface area contributed by atoms with Crippen molar-refractivity contribution in [2.24, 2.45) is 0 Å². The van der Waals surface area contributed by atoms with E-state index in [-0.39, 0.29) is 0 Å². The first-order valence-corrected chi connectivity index (χ1v) is 12.5. The SMILES string of the molecule is CCCCCCCCCCCCOc1ccc(C2=CNN(c3ccc(Br)cc3)O2)cc1. The third kappa shape index (κ3) is 8.13. The maximum absolute atomic E-state index is 5.91. The van der Waals surface area contributed by atoms with Crippen molar-refractivity contribution >= 4 is 27.4 Å². The molecular weight excluding hydrogens is 452 g/mol. The Morgan fingerprint density at radius 3 is 2.06 bits per heavy atom. The lowest BCUT2D eigenvalue weighted by atomic mass is 10.1. The van der Waals surface area contributed by atoms with Crippen LogP contribution < -0.4 is 15.3 Å². The summed E-state index contributed by atoms with van der Waals surface area (Å²) in [5.41, 5.74) is 5.08. The average Bonchev–Trinajstić information content (AvgIpc) is 3.29. The summed E-state index contributed by atoms with van der Waals surface area (Å²) in [6, 6.07) is 16.0. The molecule has 0 spiro atoms. The van der Waals surface area contributed by atoms with E-state index in [1.165, 1.54) is 57.8 Å². The van der Waals surface area contributed by atoms with Gasteiger partial charge in [0.15, 0.2) is 5.76 Å². The van der Waals surface area contributed by atoms with E-state index in [4.69, 9.17) is 9.57 Å². The van der Waals surface area contributed by atoms with Gasteiger partial charge in [0.1, 0.15) is 5.75 Å². The summed E-state index contributed by atoms with van der Waals surface area (Å²) in [5.74, 6) is 1.69. The lowest BCUT2D eigenvalue weighted by molar-refractivity contribution is 0.243. The standard InChI is InChI=1S/C26H35BrN2O2/c1-2-3-4-5-6-7-8-9-10-11-20-30-25-18-12-22(13-19-25)26-21-28-29(31-26)24-16-14-23(27)15-17-24/h12-19,21,28H,2-11,20H2,1H3. The van der Waals surface area contributed by atoms with Crippen LogP contribution in [0.4, 0.5) is 5.69 Å². The molecule has 168 valence electrons. The van der Waals surface area contributed by atoms with Crippen LogP contribution in [-0.4, -0.2) is 6.61 Å². The topological polar surface area (TPSA) is 33.7 Å². The van der Waals surface area contributed by atoms with Crippen LogP contribution in [-0.2, 0) is 4.84 Å². The zero-order valence-electron chi connectivity index (χ0n) is 18.6. The first-order valence-electron chi connectivity index (χ1n) is 11.7. The fourth-order valence-electron chi connectivity index (χ4n) is 3.60. The zero-order chi connectivity index (χ0) is 21.7. The third-order valence-electron chi connectivity index (χ3n) is 5.47. The zero-order valence-corrected chi connectivity index (χ0v) is 20.2. The first-order chi connectivity index (χ1) is 15.3. The number of nitrogens with zero attached hydrogens (tertiary/aromatic N) is 1. The van der Waals surface area contributed by atoms with E-state index >= 15 is 0 Å². The monoisotopic (exact) mass is 486 g/mol. The summed E-state index contributed by atoms with van der Waals surface area (Å²) in [6.07, 6.45) is 15.3. The van der Waals surface area contributed by atoms with E-state index in [9.17, 15) is 0 Å². The highest BCUT2D eigenvalue weighted by molar-refractivity contribution is 9.10. The molecule has 0 bridgehead atoms. The molecule has 0 amide bonds. The molecule has 0 aromatic heterocycles. The minimum absolute atomic E-state index is 0.782. The second-order valence-electron chi connectivity index (χ2n) is 8.05. The number of hydrogen-bond donors (Lipinski definition) is 1. The maximum Gasteiger partial charge on any atom is 0.182 e. The predicted octanol–water partition coefficient (Wildman–Crippen LogP) is 8.00. The summed E-state index contributed by atoms with van der Waals surface area (Å²) >= 11 is 3.45. The number of halogens is 1. The van der Waals surface area contributed by atoms with Crippen LogP contribution in [0.2, 0.25) is 0 Å². The van der Waals surface area contributed by atoms with Crippen LogP contribution in [0.3, 0.4) is 0 Å². The van der Waals surface area contributed by atoms with Gasteiger partial charge in [-0.05, 0) is 55.0 Å². The molecule has 4 nitrogen and oxygen atoms in total. The summed E-state index contributed by atoms with van der Waals surface area (Å²) in [4.78, 5) is 5.91. The highest BCUT2D eigenvalue weighted by Crippen LogP contribution is 2.27. The van der Waals surface area contributed by atoms with Gasteiger partial charge in [0.2, 0.25) is 0 Å². The minimum Gasteiger partial charge on any atom is -0.494 e. The first kappa shape index (κ1) is 23.5. The van der Waals surface area contributed by atoms with Gasteiger partial charge in [-0.3, -0.25) is 5.43 Å². The van der Waals surface area contributed by atoms with E-state index in [1.807, 2.05) is 54.7 Å². The van der Waals surface area contributed by atoms with Crippen LogP contribution in [0.15, 0.2) is 59.2 Å². The number of rotatable bonds is 14. The van der Waals surface area contributed by atoms with Crippen molar-refractivity contribution in [3.05, 3.63) is 64.8 Å². The molecule has 0 unspecified atom stereocenters. The van der Waals surface area contributed by atoms with Crippen LogP contribution in [0.5, 0.6) is 5.75 Å². The van der Waals surface area contributed by atoms with E-state index in [1.54, 1.807) is 5.17 Å². The Balaban J connectivity index is 1.29. The number of hydrogen-bond acceptors (Lipinski definition) is 4. The normalized spacial score (nSPS) is 13.0. The van der Waals surface area contributed by atoms with Gasteiger partial charge >= 0.3 is 0 Å². The van der Waals surface area contributed by atoms with Gasteiger partial charge in [0.05, 0.1) is 18.5 Å². The van der Waals surface area contributed by atoms with Crippen LogP contribution in [0.1, 0.15) is 76.7 Å². The summed E-state index contributed by atoms with van der Waals surface area (Å²) in [7, 11) is 0. The fourth-order valence-corrected chi connectivity index (χ4v) is 3.87. The molecule has 1 aliphatic heterocycles. The van der Waals surface area contributed by atoms with Crippen LogP contribution >= 0.6 is 15.9 Å². The average molecular weight is 487 g/mol. The molecule has 5 heteroatoms. The smallest absolute Gasteiger partial charge is 0.182 e. The summed E-state index contributed by atoms with van der Waals surface area (Å²) < 4.78 is 6.95. The highest BCUT2D eigenvalue weighted by Gasteiger charge is 2.17. The largest absolute Gasteiger partial charge is 0.494 e. The number of anilines is 1. The van der Waals surface area contributed by atoms with Crippen LogP contribution in [0.25, 0.3) is 5.76 Å². The molecule has 0 aliphatic carbocycles. The molecule has 0 atom stereocenters. The Kier molecular flexibility index (Phi) is 10.1. The molecule has 1 N–H and O–H groups in total. The Labute approximate surface area is 195 Å². The molecule has 1 aliphatic rings. The number of benzene rings is 2. The van der Waals surface area contributed by atoms with Gasteiger partial charge in [0.25, 0.3) is 0 Å². The molecular formula is C26H35BrN2O2. The van der Waals surface area contributed by atoms with E-state index in [0.717, 1.165) is 40.3 Å². The number of unbranched alkanes of at least 4 members (excludes halogenated alkanes) is 9. The number of nitrogens with one attached hydrogen (secondary N) is 1. The second kappa shape index (κ2) is 13.3. The molecule has 0 saturated carbocycles. The molecule has 3 rings (SSSR count). The molecule has 0 radical (unpaired) electrons. The summed E-state index contributed by atoms with van der Waals surface area (Å²) in [5, 5.41) is 1.65. The number of ether oxygens (including phenoxy) is 1. The quantitative estimate of drug-likeness (QED) is 0.274. The van der Waals surface area contributed by atoms with Gasteiger partial charge < -0.3 is 9.57 Å². The summed E-state index contributed by atoms with van der Waals surface area (Å²) in [6.45, 7) is 3.06. The highest BCUT2D eigenvalue weighted by atomic mass is 79.9. The van der Waals surface area contributed by atoms with E-state index < -0.39 is 0 Å². The van der Waals surface area contributed by atoms with Gasteiger partial charge in [-0.15, -0.1) is 5.17 Å². The van der Waals surface area contributed by atoms with Gasteiger partial charge in [-0.1, -0.05) is 80.6 Å². The lowest BCUT2D eigenvalue weighted by Gasteiger charge is -2.17. The van der Waals surface area contributed by atoms with Crippen LogP contribution in [0, 0.1) is 0 Å².